The maximum absolute atomic E-state index is 11.6. The molecule has 2 rings (SSSR count). The van der Waals surface area contributed by atoms with Crippen LogP contribution in [0, 0.1) is 0 Å². The number of amides is 1. The molecule has 0 aliphatic carbocycles. The summed E-state index contributed by atoms with van der Waals surface area (Å²) in [7, 11) is 1.66. The van der Waals surface area contributed by atoms with Gasteiger partial charge in [-0.3, -0.25) is 4.79 Å². The summed E-state index contributed by atoms with van der Waals surface area (Å²) in [6.45, 7) is 1.61. The third kappa shape index (κ3) is 4.22. The minimum Gasteiger partial charge on any atom is -0.385 e. The van der Waals surface area contributed by atoms with Gasteiger partial charge in [-0.2, -0.15) is 0 Å². The first-order valence-electron chi connectivity index (χ1n) is 6.26. The van der Waals surface area contributed by atoms with Crippen LogP contribution in [0.2, 0.25) is 0 Å². The van der Waals surface area contributed by atoms with E-state index in [0.29, 0.717) is 19.7 Å². The molecule has 1 heterocycles. The van der Waals surface area contributed by atoms with Gasteiger partial charge in [0.05, 0.1) is 6.54 Å². The summed E-state index contributed by atoms with van der Waals surface area (Å²) in [6.07, 6.45) is 0.836. The first-order chi connectivity index (χ1) is 9.29. The zero-order chi connectivity index (χ0) is 13.5. The Labute approximate surface area is 116 Å². The number of fused-ring (bicyclic) bond motifs is 1. The predicted molar refractivity (Wildman–Crippen MR) is 79.8 cm³/mol. The molecule has 19 heavy (non-hydrogen) atoms. The SMILES string of the molecule is COCCCNC(=O)CNc1ccc2sccc2c1. The minimum absolute atomic E-state index is 0.00141. The van der Waals surface area contributed by atoms with E-state index >= 15 is 0 Å². The number of carbonyl (C=O) groups is 1. The van der Waals surface area contributed by atoms with Gasteiger partial charge in [0, 0.05) is 30.6 Å². The van der Waals surface area contributed by atoms with Crippen molar-refractivity contribution in [3.05, 3.63) is 29.6 Å². The van der Waals surface area contributed by atoms with Crippen LogP contribution in [0.15, 0.2) is 29.6 Å². The van der Waals surface area contributed by atoms with E-state index in [2.05, 4.69) is 34.2 Å². The van der Waals surface area contributed by atoms with E-state index in [1.807, 2.05) is 6.07 Å². The third-order valence-corrected chi connectivity index (χ3v) is 3.65. The van der Waals surface area contributed by atoms with Gasteiger partial charge >= 0.3 is 0 Å². The second-order valence-electron chi connectivity index (χ2n) is 4.22. The summed E-state index contributed by atoms with van der Waals surface area (Å²) in [4.78, 5) is 11.6. The fraction of sp³-hybridized carbons (Fsp3) is 0.357. The number of anilines is 1. The third-order valence-electron chi connectivity index (χ3n) is 2.75. The van der Waals surface area contributed by atoms with E-state index in [1.54, 1.807) is 18.4 Å². The first kappa shape index (κ1) is 13.8. The molecule has 0 aliphatic rings. The Bertz CT molecular complexity index is 539. The van der Waals surface area contributed by atoms with Crippen LogP contribution in [-0.4, -0.2) is 32.7 Å². The molecule has 2 aromatic rings. The van der Waals surface area contributed by atoms with E-state index in [0.717, 1.165) is 12.1 Å². The van der Waals surface area contributed by atoms with Gasteiger partial charge in [-0.05, 0) is 41.5 Å². The van der Waals surface area contributed by atoms with Crippen LogP contribution in [0.3, 0.4) is 0 Å². The smallest absolute Gasteiger partial charge is 0.239 e. The number of methoxy groups -OCH3 is 1. The Morgan fingerprint density at radius 3 is 3.11 bits per heavy atom. The number of nitrogens with one attached hydrogen (secondary N) is 2. The van der Waals surface area contributed by atoms with Crippen molar-refractivity contribution in [3.63, 3.8) is 0 Å². The van der Waals surface area contributed by atoms with Gasteiger partial charge < -0.3 is 15.4 Å². The fourth-order valence-corrected chi connectivity index (χ4v) is 2.54. The molecule has 4 nitrogen and oxygen atoms in total. The van der Waals surface area contributed by atoms with Crippen LogP contribution in [-0.2, 0) is 9.53 Å². The monoisotopic (exact) mass is 278 g/mol. The number of benzene rings is 1. The standard InChI is InChI=1S/C14H18N2O2S/c1-18-7-2-6-15-14(17)10-16-12-3-4-13-11(9-12)5-8-19-13/h3-5,8-9,16H,2,6-7,10H2,1H3,(H,15,17). The predicted octanol–water partition coefficient (Wildman–Crippen LogP) is 2.47. The number of hydrogen-bond acceptors (Lipinski definition) is 4. The summed E-state index contributed by atoms with van der Waals surface area (Å²) in [5, 5.41) is 9.24. The average Bonchev–Trinajstić information content (AvgIpc) is 2.89. The van der Waals surface area contributed by atoms with Crippen molar-refractivity contribution in [1.82, 2.24) is 5.32 Å². The molecule has 0 unspecified atom stereocenters. The van der Waals surface area contributed by atoms with Crippen molar-refractivity contribution >= 4 is 33.0 Å². The lowest BCUT2D eigenvalue weighted by Crippen LogP contribution is -2.31. The van der Waals surface area contributed by atoms with E-state index in [1.165, 1.54) is 10.1 Å². The van der Waals surface area contributed by atoms with E-state index in [-0.39, 0.29) is 5.91 Å². The highest BCUT2D eigenvalue weighted by molar-refractivity contribution is 7.17. The van der Waals surface area contributed by atoms with Gasteiger partial charge in [0.15, 0.2) is 0 Å². The molecule has 0 saturated heterocycles. The lowest BCUT2D eigenvalue weighted by atomic mass is 10.2. The van der Waals surface area contributed by atoms with Gasteiger partial charge in [-0.1, -0.05) is 0 Å². The maximum Gasteiger partial charge on any atom is 0.239 e. The number of thiophene rings is 1. The molecule has 0 saturated carbocycles. The maximum atomic E-state index is 11.6. The lowest BCUT2D eigenvalue weighted by molar-refractivity contribution is -0.119. The molecule has 0 radical (unpaired) electrons. The molecule has 0 fully saturated rings. The van der Waals surface area contributed by atoms with Crippen LogP contribution in [0.5, 0.6) is 0 Å². The molecular formula is C14H18N2O2S. The van der Waals surface area contributed by atoms with Crippen LogP contribution in [0.1, 0.15) is 6.42 Å². The highest BCUT2D eigenvalue weighted by atomic mass is 32.1. The zero-order valence-corrected chi connectivity index (χ0v) is 11.8. The van der Waals surface area contributed by atoms with E-state index < -0.39 is 0 Å². The Balaban J connectivity index is 1.76. The number of ether oxygens (including phenoxy) is 1. The molecule has 102 valence electrons. The van der Waals surface area contributed by atoms with E-state index in [4.69, 9.17) is 4.74 Å². The molecule has 0 atom stereocenters. The Morgan fingerprint density at radius 1 is 1.37 bits per heavy atom. The summed E-state index contributed by atoms with van der Waals surface area (Å²) >= 11 is 1.72. The van der Waals surface area contributed by atoms with Crippen molar-refractivity contribution in [2.24, 2.45) is 0 Å². The fourth-order valence-electron chi connectivity index (χ4n) is 1.77. The van der Waals surface area contributed by atoms with Crippen LogP contribution >= 0.6 is 11.3 Å². The van der Waals surface area contributed by atoms with Gasteiger partial charge in [0.1, 0.15) is 0 Å². The molecule has 1 aromatic carbocycles. The Hall–Kier alpha value is -1.59. The van der Waals surface area contributed by atoms with Crippen molar-refractivity contribution in [2.45, 2.75) is 6.42 Å². The van der Waals surface area contributed by atoms with Crippen LogP contribution in [0.25, 0.3) is 10.1 Å². The summed E-state index contributed by atoms with van der Waals surface area (Å²) in [5.74, 6) is 0.00141. The molecule has 0 bridgehead atoms. The van der Waals surface area contributed by atoms with Gasteiger partial charge in [-0.15, -0.1) is 11.3 Å². The van der Waals surface area contributed by atoms with Crippen molar-refractivity contribution < 1.29 is 9.53 Å². The number of rotatable bonds is 7. The second kappa shape index (κ2) is 7.11. The topological polar surface area (TPSA) is 50.4 Å². The molecule has 5 heteroatoms. The minimum atomic E-state index is 0.00141. The first-order valence-corrected chi connectivity index (χ1v) is 7.14. The quantitative estimate of drug-likeness (QED) is 0.765. The van der Waals surface area contributed by atoms with Crippen LogP contribution in [0.4, 0.5) is 5.69 Å². The Morgan fingerprint density at radius 2 is 2.26 bits per heavy atom. The van der Waals surface area contributed by atoms with E-state index in [9.17, 15) is 4.79 Å². The molecular weight excluding hydrogens is 260 g/mol. The average molecular weight is 278 g/mol. The second-order valence-corrected chi connectivity index (χ2v) is 5.17. The largest absolute Gasteiger partial charge is 0.385 e. The van der Waals surface area contributed by atoms with Crippen molar-refractivity contribution in [2.75, 3.05) is 32.1 Å². The number of hydrogen-bond donors (Lipinski definition) is 2. The van der Waals surface area contributed by atoms with Crippen molar-refractivity contribution in [1.29, 1.82) is 0 Å². The number of carbonyl (C=O) groups excluding carboxylic acids is 1. The summed E-state index contributed by atoms with van der Waals surface area (Å²) in [5.41, 5.74) is 0.970. The lowest BCUT2D eigenvalue weighted by Gasteiger charge is -2.07. The highest BCUT2D eigenvalue weighted by Crippen LogP contribution is 2.23. The summed E-state index contributed by atoms with van der Waals surface area (Å²) in [6, 6.07) is 8.20. The normalized spacial score (nSPS) is 10.6. The van der Waals surface area contributed by atoms with Gasteiger partial charge in [0.2, 0.25) is 5.91 Å². The van der Waals surface area contributed by atoms with Crippen LogP contribution < -0.4 is 10.6 Å². The van der Waals surface area contributed by atoms with Gasteiger partial charge in [-0.25, -0.2) is 0 Å². The Kier molecular flexibility index (Phi) is 5.18. The molecule has 2 N–H and O–H groups in total. The van der Waals surface area contributed by atoms with Crippen molar-refractivity contribution in [3.8, 4) is 0 Å². The zero-order valence-electron chi connectivity index (χ0n) is 10.9. The molecule has 0 aliphatic heterocycles. The highest BCUT2D eigenvalue weighted by Gasteiger charge is 2.01. The summed E-state index contributed by atoms with van der Waals surface area (Å²) < 4.78 is 6.18. The molecule has 1 aromatic heterocycles. The molecule has 1 amide bonds. The molecule has 0 spiro atoms. The van der Waals surface area contributed by atoms with Gasteiger partial charge in [0.25, 0.3) is 0 Å².